The third-order valence-corrected chi connectivity index (χ3v) is 13.6. The highest BCUT2D eigenvalue weighted by atomic mass is 16.3. The number of imidazole rings is 2. The van der Waals surface area contributed by atoms with Gasteiger partial charge in [0.15, 0.2) is 0 Å². The number of phenols is 1. The average molecular weight is 865 g/mol. The van der Waals surface area contributed by atoms with Crippen LogP contribution in [-0.2, 0) is 10.8 Å². The maximum atomic E-state index is 12.6. The third-order valence-electron chi connectivity index (χ3n) is 13.6. The summed E-state index contributed by atoms with van der Waals surface area (Å²) < 4.78 is 11.0. The smallest absolute Gasteiger partial charge is 0.149 e. The molecule has 7 aromatic carbocycles. The van der Waals surface area contributed by atoms with E-state index in [9.17, 15) is 5.11 Å². The first kappa shape index (κ1) is 41.5. The van der Waals surface area contributed by atoms with Crippen molar-refractivity contribution < 1.29 is 9.52 Å². The molecule has 0 atom stereocenters. The highest BCUT2D eigenvalue weighted by Crippen LogP contribution is 2.47. The van der Waals surface area contributed by atoms with E-state index < -0.39 is 0 Å². The van der Waals surface area contributed by atoms with Crippen LogP contribution in [0.4, 0.5) is 0 Å². The maximum Gasteiger partial charge on any atom is 0.149 e. The molecule has 0 bridgehead atoms. The van der Waals surface area contributed by atoms with Gasteiger partial charge in [-0.2, -0.15) is 0 Å². The number of rotatable bonds is 6. The lowest BCUT2D eigenvalue weighted by Gasteiger charge is -2.28. The monoisotopic (exact) mass is 864 g/mol. The molecule has 0 aliphatic carbocycles. The first-order chi connectivity index (χ1) is 31.6. The van der Waals surface area contributed by atoms with Gasteiger partial charge in [-0.25, -0.2) is 9.97 Å². The minimum atomic E-state index is -0.331. The highest BCUT2D eigenvalue weighted by Gasteiger charge is 2.31. The molecule has 11 rings (SSSR count). The van der Waals surface area contributed by atoms with Gasteiger partial charge in [-0.15, -0.1) is 0 Å². The zero-order chi connectivity index (χ0) is 46.0. The average Bonchev–Trinajstić information content (AvgIpc) is 4.01. The Morgan fingerprint density at radius 1 is 0.545 bits per heavy atom. The highest BCUT2D eigenvalue weighted by molar-refractivity contribution is 6.19. The molecule has 328 valence electrons. The fourth-order valence-electron chi connectivity index (χ4n) is 10.1. The van der Waals surface area contributed by atoms with E-state index in [1.165, 1.54) is 22.3 Å². The molecule has 0 amide bonds. The Bertz CT molecular complexity index is 3710. The van der Waals surface area contributed by atoms with E-state index in [1.54, 1.807) is 0 Å². The van der Waals surface area contributed by atoms with Gasteiger partial charge in [0.2, 0.25) is 0 Å². The summed E-state index contributed by atoms with van der Waals surface area (Å²) in [4.78, 5) is 11.3. The predicted octanol–water partition coefficient (Wildman–Crippen LogP) is 16.4. The number of aromatic nitrogens is 4. The van der Waals surface area contributed by atoms with Crippen molar-refractivity contribution in [1.29, 1.82) is 0 Å². The van der Waals surface area contributed by atoms with Gasteiger partial charge in [0.1, 0.15) is 28.4 Å². The second-order valence-electron chi connectivity index (χ2n) is 20.9. The van der Waals surface area contributed by atoms with Crippen LogP contribution in [0.25, 0.3) is 99.8 Å². The van der Waals surface area contributed by atoms with E-state index in [4.69, 9.17) is 14.4 Å². The maximum absolute atomic E-state index is 12.6. The lowest BCUT2D eigenvalue weighted by atomic mass is 9.78. The Labute approximate surface area is 386 Å². The number of phenolic OH excluding ortho intramolecular Hbond substituents is 1. The molecule has 11 aromatic rings. The molecule has 0 fully saturated rings. The van der Waals surface area contributed by atoms with E-state index in [2.05, 4.69) is 206 Å². The molecule has 1 N–H and O–H groups in total. The number of fused-ring (bicyclic) bond motifs is 10. The topological polar surface area (TPSA) is 68.5 Å². The quantitative estimate of drug-likeness (QED) is 0.169. The largest absolute Gasteiger partial charge is 0.507 e. The van der Waals surface area contributed by atoms with Crippen LogP contribution in [0.15, 0.2) is 144 Å². The van der Waals surface area contributed by atoms with Crippen molar-refractivity contribution in [1.82, 2.24) is 18.9 Å². The first-order valence-electron chi connectivity index (χ1n) is 23.4. The number of hydrogen-bond donors (Lipinski definition) is 1. The minimum Gasteiger partial charge on any atom is -0.507 e. The second-order valence-corrected chi connectivity index (χ2v) is 20.9. The molecule has 0 unspecified atom stereocenters. The van der Waals surface area contributed by atoms with Gasteiger partial charge in [0, 0.05) is 38.9 Å². The van der Waals surface area contributed by atoms with Gasteiger partial charge in [0.25, 0.3) is 0 Å². The number of para-hydroxylation sites is 3. The van der Waals surface area contributed by atoms with E-state index in [1.807, 2.05) is 12.1 Å². The van der Waals surface area contributed by atoms with Gasteiger partial charge in [-0.1, -0.05) is 154 Å². The fourth-order valence-corrected chi connectivity index (χ4v) is 10.1. The molecule has 0 saturated carbocycles. The van der Waals surface area contributed by atoms with Gasteiger partial charge in [0.05, 0.1) is 33.5 Å². The number of furan rings is 1. The van der Waals surface area contributed by atoms with Crippen molar-refractivity contribution in [3.63, 3.8) is 0 Å². The SMILES string of the molecule is CC(C)c1cc(-c2ccccc2)cc(C(C)C)c1-n1c(-c2cc(C(C)(C)C)cc(C(C)(C)C)c2O)nc2c(-c3cn4c5ccccc5c5cc6oc7ccccc7c6cc5c4n3)cccc21. The number of benzene rings is 7. The normalized spacial score (nSPS) is 12.7. The van der Waals surface area contributed by atoms with Crippen LogP contribution < -0.4 is 0 Å². The number of nitrogens with zero attached hydrogens (tertiary/aromatic N) is 4. The summed E-state index contributed by atoms with van der Waals surface area (Å²) in [5.74, 6) is 1.31. The summed E-state index contributed by atoms with van der Waals surface area (Å²) in [7, 11) is 0. The number of pyridine rings is 1. The molecule has 0 aliphatic rings. The molecule has 4 aromatic heterocycles. The van der Waals surface area contributed by atoms with Crippen LogP contribution in [0.5, 0.6) is 5.75 Å². The molecule has 0 spiro atoms. The van der Waals surface area contributed by atoms with Gasteiger partial charge in [-0.05, 0) is 104 Å². The van der Waals surface area contributed by atoms with Gasteiger partial charge < -0.3 is 9.52 Å². The summed E-state index contributed by atoms with van der Waals surface area (Å²) in [6.07, 6.45) is 2.17. The van der Waals surface area contributed by atoms with Crippen LogP contribution >= 0.6 is 0 Å². The molecule has 4 heterocycles. The van der Waals surface area contributed by atoms with E-state index in [0.717, 1.165) is 93.9 Å². The predicted molar refractivity (Wildman–Crippen MR) is 276 cm³/mol. The Morgan fingerprint density at radius 2 is 1.21 bits per heavy atom. The second kappa shape index (κ2) is 14.9. The Hall–Kier alpha value is -7.18. The van der Waals surface area contributed by atoms with Crippen LogP contribution in [0.3, 0.4) is 0 Å². The van der Waals surface area contributed by atoms with Gasteiger partial charge >= 0.3 is 0 Å². The summed E-state index contributed by atoms with van der Waals surface area (Å²) in [5.41, 5.74) is 15.3. The Kier molecular flexibility index (Phi) is 9.39. The van der Waals surface area contributed by atoms with E-state index in [0.29, 0.717) is 5.82 Å². The lowest BCUT2D eigenvalue weighted by Crippen LogP contribution is -2.17. The Morgan fingerprint density at radius 3 is 1.91 bits per heavy atom. The molecule has 6 heteroatoms. The molecule has 66 heavy (non-hydrogen) atoms. The summed E-state index contributed by atoms with van der Waals surface area (Å²) in [6, 6.07) is 47.5. The zero-order valence-electron chi connectivity index (χ0n) is 39.6. The molecular formula is C60H56N4O2. The number of hydrogen-bond acceptors (Lipinski definition) is 4. The fraction of sp³-hybridized carbons (Fsp3) is 0.233. The molecule has 0 aliphatic heterocycles. The van der Waals surface area contributed by atoms with Gasteiger partial charge in [-0.3, -0.25) is 8.97 Å². The molecule has 6 nitrogen and oxygen atoms in total. The van der Waals surface area contributed by atoms with Crippen LogP contribution in [-0.4, -0.2) is 24.0 Å². The Balaban J connectivity index is 1.25. The van der Waals surface area contributed by atoms with Crippen molar-refractivity contribution in [3.05, 3.63) is 162 Å². The van der Waals surface area contributed by atoms with E-state index in [-0.39, 0.29) is 28.4 Å². The third kappa shape index (κ3) is 6.52. The lowest BCUT2D eigenvalue weighted by molar-refractivity contribution is 0.446. The van der Waals surface area contributed by atoms with Crippen LogP contribution in [0.1, 0.15) is 103 Å². The summed E-state index contributed by atoms with van der Waals surface area (Å²) >= 11 is 0. The van der Waals surface area contributed by atoms with Crippen molar-refractivity contribution in [2.24, 2.45) is 0 Å². The molecular weight excluding hydrogens is 809 g/mol. The van der Waals surface area contributed by atoms with Crippen molar-refractivity contribution in [3.8, 4) is 45.2 Å². The van der Waals surface area contributed by atoms with Crippen molar-refractivity contribution in [2.75, 3.05) is 0 Å². The molecule has 0 radical (unpaired) electrons. The first-order valence-corrected chi connectivity index (χ1v) is 23.4. The van der Waals surface area contributed by atoms with Crippen LogP contribution in [0.2, 0.25) is 0 Å². The van der Waals surface area contributed by atoms with Crippen LogP contribution in [0, 0.1) is 0 Å². The van der Waals surface area contributed by atoms with E-state index >= 15 is 0 Å². The molecule has 0 saturated heterocycles. The summed E-state index contributed by atoms with van der Waals surface area (Å²) in [6.45, 7) is 22.4. The minimum absolute atomic E-state index is 0.174. The summed E-state index contributed by atoms with van der Waals surface area (Å²) in [5, 5.41) is 18.1. The zero-order valence-corrected chi connectivity index (χ0v) is 39.6. The van der Waals surface area contributed by atoms with Crippen molar-refractivity contribution in [2.45, 2.75) is 91.9 Å². The van der Waals surface area contributed by atoms with Crippen molar-refractivity contribution >= 4 is 60.3 Å². The standard InChI is InChI=1S/C60H56N4O2/c1-34(2)42-27-37(36-19-12-11-13-20-36)28-43(35(3)4)55(42)64-51-25-18-23-41(54(51)62-58(64)47-29-38(59(5,6)7)30-48(56(47)65)60(8,9)10)49-33-63-50-24-16-14-21-39(50)44-32-53-45(31-46(44)57(63)61-49)40-22-15-17-26-52(40)66-53/h11-35,65H,1-10H3. The number of aromatic hydroxyl groups is 1.